The first-order valence-corrected chi connectivity index (χ1v) is 6.15. The lowest BCUT2D eigenvalue weighted by atomic mass is 10.5. The van der Waals surface area contributed by atoms with E-state index in [4.69, 9.17) is 4.84 Å². The standard InChI is InChI=1S/C8H15NO3S/c1-2-3-6-12-9-4-7-13(10,11)8-5-9/h2-3H,4-8H2,1H3/b3-2+. The summed E-state index contributed by atoms with van der Waals surface area (Å²) in [5.74, 6) is 0.422. The Morgan fingerprint density at radius 3 is 2.54 bits per heavy atom. The summed E-state index contributed by atoms with van der Waals surface area (Å²) < 4.78 is 22.1. The van der Waals surface area contributed by atoms with Crippen LogP contribution in [0.25, 0.3) is 0 Å². The molecule has 0 aromatic carbocycles. The Morgan fingerprint density at radius 1 is 1.38 bits per heavy atom. The molecule has 0 unspecified atom stereocenters. The molecule has 0 spiro atoms. The number of sulfone groups is 1. The summed E-state index contributed by atoms with van der Waals surface area (Å²) in [6.45, 7) is 3.42. The average molecular weight is 205 g/mol. The molecular weight excluding hydrogens is 190 g/mol. The van der Waals surface area contributed by atoms with Crippen LogP contribution in [-0.4, -0.2) is 44.7 Å². The van der Waals surface area contributed by atoms with Crippen LogP contribution in [0, 0.1) is 0 Å². The molecule has 0 amide bonds. The topological polar surface area (TPSA) is 46.6 Å². The van der Waals surface area contributed by atoms with E-state index in [0.29, 0.717) is 19.7 Å². The molecule has 1 rings (SSSR count). The van der Waals surface area contributed by atoms with Crippen molar-refractivity contribution in [2.24, 2.45) is 0 Å². The molecule has 76 valence electrons. The predicted molar refractivity (Wildman–Crippen MR) is 51.0 cm³/mol. The van der Waals surface area contributed by atoms with Gasteiger partial charge < -0.3 is 0 Å². The summed E-state index contributed by atoms with van der Waals surface area (Å²) in [7, 11) is -2.79. The first-order valence-electron chi connectivity index (χ1n) is 4.33. The second kappa shape index (κ2) is 4.74. The Morgan fingerprint density at radius 2 is 2.00 bits per heavy atom. The lowest BCUT2D eigenvalue weighted by molar-refractivity contribution is -0.142. The fraction of sp³-hybridized carbons (Fsp3) is 0.750. The van der Waals surface area contributed by atoms with Crippen molar-refractivity contribution >= 4 is 9.84 Å². The SMILES string of the molecule is C/C=C/CON1CCS(=O)(=O)CC1. The molecule has 0 radical (unpaired) electrons. The van der Waals surface area contributed by atoms with Gasteiger partial charge in [0, 0.05) is 13.1 Å². The Labute approximate surface area is 79.1 Å². The van der Waals surface area contributed by atoms with E-state index in [2.05, 4.69) is 0 Å². The summed E-state index contributed by atoms with van der Waals surface area (Å²) in [5, 5.41) is 1.71. The minimum atomic E-state index is -2.79. The van der Waals surface area contributed by atoms with Gasteiger partial charge in [0.25, 0.3) is 0 Å². The third kappa shape index (κ3) is 3.89. The highest BCUT2D eigenvalue weighted by atomic mass is 32.2. The molecule has 0 aromatic heterocycles. The summed E-state index contributed by atoms with van der Waals surface area (Å²) in [6, 6.07) is 0. The summed E-state index contributed by atoms with van der Waals surface area (Å²) in [5.41, 5.74) is 0. The highest BCUT2D eigenvalue weighted by molar-refractivity contribution is 7.91. The van der Waals surface area contributed by atoms with Crippen molar-refractivity contribution in [1.82, 2.24) is 5.06 Å². The van der Waals surface area contributed by atoms with E-state index in [9.17, 15) is 8.42 Å². The van der Waals surface area contributed by atoms with Crippen molar-refractivity contribution in [3.8, 4) is 0 Å². The van der Waals surface area contributed by atoms with Crippen LogP contribution in [0.15, 0.2) is 12.2 Å². The van der Waals surface area contributed by atoms with Gasteiger partial charge in [-0.25, -0.2) is 8.42 Å². The highest BCUT2D eigenvalue weighted by Crippen LogP contribution is 2.03. The minimum absolute atomic E-state index is 0.211. The zero-order valence-corrected chi connectivity index (χ0v) is 8.59. The van der Waals surface area contributed by atoms with Crippen LogP contribution < -0.4 is 0 Å². The van der Waals surface area contributed by atoms with Crippen molar-refractivity contribution in [2.75, 3.05) is 31.2 Å². The number of rotatable bonds is 3. The van der Waals surface area contributed by atoms with Crippen molar-refractivity contribution < 1.29 is 13.3 Å². The molecule has 0 atom stereocenters. The number of allylic oxidation sites excluding steroid dienone is 1. The molecule has 13 heavy (non-hydrogen) atoms. The monoisotopic (exact) mass is 205 g/mol. The molecule has 0 aliphatic carbocycles. The van der Waals surface area contributed by atoms with Crippen LogP contribution in [-0.2, 0) is 14.7 Å². The third-order valence-electron chi connectivity index (χ3n) is 1.89. The second-order valence-corrected chi connectivity index (χ2v) is 5.25. The Kier molecular flexibility index (Phi) is 3.90. The molecule has 1 fully saturated rings. The van der Waals surface area contributed by atoms with Gasteiger partial charge in [-0.1, -0.05) is 12.2 Å². The van der Waals surface area contributed by atoms with Gasteiger partial charge in [-0.3, -0.25) is 4.84 Å². The van der Waals surface area contributed by atoms with Crippen LogP contribution in [0.5, 0.6) is 0 Å². The van der Waals surface area contributed by atoms with E-state index in [1.165, 1.54) is 0 Å². The molecule has 4 nitrogen and oxygen atoms in total. The van der Waals surface area contributed by atoms with Gasteiger partial charge in [-0.2, -0.15) is 5.06 Å². The Bertz CT molecular complexity index is 257. The van der Waals surface area contributed by atoms with Crippen LogP contribution >= 0.6 is 0 Å². The first-order chi connectivity index (χ1) is 6.14. The lowest BCUT2D eigenvalue weighted by Crippen LogP contribution is -2.40. The predicted octanol–water partition coefficient (Wildman–Crippen LogP) is 0.225. The van der Waals surface area contributed by atoms with Crippen molar-refractivity contribution in [3.63, 3.8) is 0 Å². The van der Waals surface area contributed by atoms with Gasteiger partial charge in [-0.15, -0.1) is 0 Å². The third-order valence-corrected chi connectivity index (χ3v) is 3.50. The first kappa shape index (κ1) is 10.7. The molecule has 1 aliphatic heterocycles. The number of nitrogens with zero attached hydrogens (tertiary/aromatic N) is 1. The van der Waals surface area contributed by atoms with Crippen LogP contribution in [0.3, 0.4) is 0 Å². The second-order valence-electron chi connectivity index (χ2n) is 2.95. The molecule has 0 bridgehead atoms. The van der Waals surface area contributed by atoms with Gasteiger partial charge in [0.05, 0.1) is 18.1 Å². The lowest BCUT2D eigenvalue weighted by Gasteiger charge is -2.24. The maximum Gasteiger partial charge on any atom is 0.153 e. The molecule has 1 saturated heterocycles. The smallest absolute Gasteiger partial charge is 0.153 e. The molecule has 0 N–H and O–H groups in total. The maximum atomic E-state index is 11.0. The summed E-state index contributed by atoms with van der Waals surface area (Å²) in [6.07, 6.45) is 3.80. The molecule has 5 heteroatoms. The van der Waals surface area contributed by atoms with E-state index < -0.39 is 9.84 Å². The normalized spacial score (nSPS) is 23.8. The summed E-state index contributed by atoms with van der Waals surface area (Å²) >= 11 is 0. The van der Waals surface area contributed by atoms with E-state index in [1.807, 2.05) is 19.1 Å². The van der Waals surface area contributed by atoms with Crippen LogP contribution in [0.2, 0.25) is 0 Å². The molecular formula is C8H15NO3S. The van der Waals surface area contributed by atoms with E-state index in [1.54, 1.807) is 5.06 Å². The Balaban J connectivity index is 2.25. The number of hydrogen-bond acceptors (Lipinski definition) is 4. The van der Waals surface area contributed by atoms with E-state index in [-0.39, 0.29) is 11.5 Å². The van der Waals surface area contributed by atoms with Gasteiger partial charge in [-0.05, 0) is 6.92 Å². The molecule has 0 saturated carbocycles. The van der Waals surface area contributed by atoms with Crippen LogP contribution in [0.1, 0.15) is 6.92 Å². The van der Waals surface area contributed by atoms with Crippen LogP contribution in [0.4, 0.5) is 0 Å². The molecule has 1 aliphatic rings. The maximum absolute atomic E-state index is 11.0. The molecule has 1 heterocycles. The van der Waals surface area contributed by atoms with Crippen molar-refractivity contribution in [1.29, 1.82) is 0 Å². The quantitative estimate of drug-likeness (QED) is 0.619. The zero-order chi connectivity index (χ0) is 9.73. The van der Waals surface area contributed by atoms with Gasteiger partial charge in [0.15, 0.2) is 9.84 Å². The minimum Gasteiger partial charge on any atom is -0.295 e. The van der Waals surface area contributed by atoms with Crippen molar-refractivity contribution in [3.05, 3.63) is 12.2 Å². The van der Waals surface area contributed by atoms with Gasteiger partial charge in [0.1, 0.15) is 0 Å². The van der Waals surface area contributed by atoms with E-state index in [0.717, 1.165) is 0 Å². The Hall–Kier alpha value is -0.390. The summed E-state index contributed by atoms with van der Waals surface area (Å²) in [4.78, 5) is 5.30. The molecule has 0 aromatic rings. The number of hydrogen-bond donors (Lipinski definition) is 0. The zero-order valence-electron chi connectivity index (χ0n) is 7.77. The van der Waals surface area contributed by atoms with Gasteiger partial charge >= 0.3 is 0 Å². The largest absolute Gasteiger partial charge is 0.295 e. The average Bonchev–Trinajstić information content (AvgIpc) is 2.08. The van der Waals surface area contributed by atoms with Gasteiger partial charge in [0.2, 0.25) is 0 Å². The number of hydroxylamine groups is 2. The fourth-order valence-corrected chi connectivity index (χ4v) is 2.24. The van der Waals surface area contributed by atoms with E-state index >= 15 is 0 Å². The fourth-order valence-electron chi connectivity index (χ4n) is 1.07. The van der Waals surface area contributed by atoms with Crippen molar-refractivity contribution in [2.45, 2.75) is 6.92 Å². The highest BCUT2D eigenvalue weighted by Gasteiger charge is 2.21.